The van der Waals surface area contributed by atoms with Crippen molar-refractivity contribution in [3.8, 4) is 11.5 Å². The van der Waals surface area contributed by atoms with Crippen molar-refractivity contribution in [1.29, 1.82) is 0 Å². The van der Waals surface area contributed by atoms with Crippen molar-refractivity contribution >= 4 is 11.4 Å². The standard InChI is InChI=1S/C19H26N2O2/c1-15(2)23-19-8-6-5-7-18(19)20-16-9-11-17(12-10-16)22-14-13-21(3)4/h5-12,15,20H,13-14H2,1-4H3. The number of nitrogens with one attached hydrogen (secondary N) is 1. The topological polar surface area (TPSA) is 33.7 Å². The van der Waals surface area contributed by atoms with Crippen molar-refractivity contribution in [2.24, 2.45) is 0 Å². The summed E-state index contributed by atoms with van der Waals surface area (Å²) in [5, 5.41) is 3.39. The van der Waals surface area contributed by atoms with E-state index in [9.17, 15) is 0 Å². The van der Waals surface area contributed by atoms with Gasteiger partial charge in [-0.1, -0.05) is 12.1 Å². The highest BCUT2D eigenvalue weighted by Gasteiger charge is 2.05. The van der Waals surface area contributed by atoms with E-state index in [-0.39, 0.29) is 6.10 Å². The fourth-order valence-electron chi connectivity index (χ4n) is 2.06. The first kappa shape index (κ1) is 17.2. The Kier molecular flexibility index (Phi) is 6.29. The number of nitrogens with zero attached hydrogens (tertiary/aromatic N) is 1. The number of ether oxygens (including phenoxy) is 2. The Morgan fingerprint density at radius 1 is 1.00 bits per heavy atom. The van der Waals surface area contributed by atoms with Crippen LogP contribution in [0.25, 0.3) is 0 Å². The molecule has 0 aliphatic heterocycles. The second kappa shape index (κ2) is 8.44. The molecule has 2 aromatic carbocycles. The summed E-state index contributed by atoms with van der Waals surface area (Å²) in [6.45, 7) is 5.64. The molecule has 0 aliphatic carbocycles. The zero-order valence-corrected chi connectivity index (χ0v) is 14.4. The van der Waals surface area contributed by atoms with E-state index in [1.165, 1.54) is 0 Å². The first-order valence-corrected chi connectivity index (χ1v) is 7.95. The van der Waals surface area contributed by atoms with Gasteiger partial charge in [0.05, 0.1) is 11.8 Å². The highest BCUT2D eigenvalue weighted by atomic mass is 16.5. The fourth-order valence-corrected chi connectivity index (χ4v) is 2.06. The molecule has 0 heterocycles. The Balaban J connectivity index is 1.98. The molecule has 0 atom stereocenters. The van der Waals surface area contributed by atoms with Gasteiger partial charge in [0.1, 0.15) is 18.1 Å². The maximum absolute atomic E-state index is 5.82. The van der Waals surface area contributed by atoms with Gasteiger partial charge in [-0.3, -0.25) is 0 Å². The molecule has 0 amide bonds. The zero-order valence-electron chi connectivity index (χ0n) is 14.4. The third kappa shape index (κ3) is 5.83. The van der Waals surface area contributed by atoms with Gasteiger partial charge in [0.2, 0.25) is 0 Å². The smallest absolute Gasteiger partial charge is 0.143 e. The lowest BCUT2D eigenvalue weighted by atomic mass is 10.2. The molecule has 2 rings (SSSR count). The molecule has 0 saturated heterocycles. The van der Waals surface area contributed by atoms with Crippen LogP contribution in [-0.2, 0) is 0 Å². The first-order chi connectivity index (χ1) is 11.0. The lowest BCUT2D eigenvalue weighted by Gasteiger charge is -2.16. The Hall–Kier alpha value is -2.20. The summed E-state index contributed by atoms with van der Waals surface area (Å²) in [5.41, 5.74) is 1.97. The van der Waals surface area contributed by atoms with Gasteiger partial charge < -0.3 is 19.7 Å². The minimum atomic E-state index is 0.144. The maximum Gasteiger partial charge on any atom is 0.143 e. The van der Waals surface area contributed by atoms with Gasteiger partial charge in [0.15, 0.2) is 0 Å². The Morgan fingerprint density at radius 2 is 1.70 bits per heavy atom. The summed E-state index contributed by atoms with van der Waals surface area (Å²) < 4.78 is 11.5. The third-order valence-electron chi connectivity index (χ3n) is 3.19. The Labute approximate surface area is 139 Å². The van der Waals surface area contributed by atoms with Crippen molar-refractivity contribution in [3.63, 3.8) is 0 Å². The zero-order chi connectivity index (χ0) is 16.7. The molecule has 0 unspecified atom stereocenters. The minimum Gasteiger partial charge on any atom is -0.492 e. The Bertz CT molecular complexity index is 595. The molecule has 0 bridgehead atoms. The van der Waals surface area contributed by atoms with Crippen LogP contribution < -0.4 is 14.8 Å². The molecule has 0 aromatic heterocycles. The first-order valence-electron chi connectivity index (χ1n) is 7.95. The second-order valence-corrected chi connectivity index (χ2v) is 5.96. The average molecular weight is 314 g/mol. The van der Waals surface area contributed by atoms with Crippen LogP contribution in [-0.4, -0.2) is 38.3 Å². The number of anilines is 2. The van der Waals surface area contributed by atoms with E-state index in [0.29, 0.717) is 6.61 Å². The summed E-state index contributed by atoms with van der Waals surface area (Å²) in [5.74, 6) is 1.73. The number of hydrogen-bond acceptors (Lipinski definition) is 4. The molecule has 0 saturated carbocycles. The summed E-state index contributed by atoms with van der Waals surface area (Å²) in [6, 6.07) is 15.9. The number of benzene rings is 2. The number of likely N-dealkylation sites (N-methyl/N-ethyl adjacent to an activating group) is 1. The predicted octanol–water partition coefficient (Wildman–Crippen LogP) is 4.16. The quantitative estimate of drug-likeness (QED) is 0.793. The van der Waals surface area contributed by atoms with Crippen LogP contribution in [0.15, 0.2) is 48.5 Å². The van der Waals surface area contributed by atoms with Crippen LogP contribution in [0.2, 0.25) is 0 Å². The van der Waals surface area contributed by atoms with E-state index in [1.54, 1.807) is 0 Å². The molecule has 0 spiro atoms. The molecule has 0 aliphatic rings. The van der Waals surface area contributed by atoms with Gasteiger partial charge in [-0.25, -0.2) is 0 Å². The molecular weight excluding hydrogens is 288 g/mol. The highest BCUT2D eigenvalue weighted by Crippen LogP contribution is 2.28. The largest absolute Gasteiger partial charge is 0.492 e. The van der Waals surface area contributed by atoms with Crippen molar-refractivity contribution in [3.05, 3.63) is 48.5 Å². The van der Waals surface area contributed by atoms with Gasteiger partial charge in [0, 0.05) is 12.2 Å². The van der Waals surface area contributed by atoms with Crippen LogP contribution >= 0.6 is 0 Å². The van der Waals surface area contributed by atoms with Gasteiger partial charge in [-0.15, -0.1) is 0 Å². The van der Waals surface area contributed by atoms with Crippen LogP contribution in [0.3, 0.4) is 0 Å². The molecule has 0 radical (unpaired) electrons. The van der Waals surface area contributed by atoms with Gasteiger partial charge in [-0.05, 0) is 64.3 Å². The van der Waals surface area contributed by atoms with Crippen molar-refractivity contribution < 1.29 is 9.47 Å². The molecule has 23 heavy (non-hydrogen) atoms. The molecule has 4 heteroatoms. The Morgan fingerprint density at radius 3 is 2.35 bits per heavy atom. The normalized spacial score (nSPS) is 10.9. The van der Waals surface area contributed by atoms with Crippen molar-refractivity contribution in [2.75, 3.05) is 32.6 Å². The highest BCUT2D eigenvalue weighted by molar-refractivity contribution is 5.66. The summed E-state index contributed by atoms with van der Waals surface area (Å²) >= 11 is 0. The van der Waals surface area contributed by atoms with Crippen molar-refractivity contribution in [1.82, 2.24) is 4.90 Å². The average Bonchev–Trinajstić information content (AvgIpc) is 2.50. The molecule has 124 valence electrons. The number of rotatable bonds is 8. The second-order valence-electron chi connectivity index (χ2n) is 5.96. The molecule has 4 nitrogen and oxygen atoms in total. The fraction of sp³-hybridized carbons (Fsp3) is 0.368. The monoisotopic (exact) mass is 314 g/mol. The molecule has 0 fully saturated rings. The maximum atomic E-state index is 5.82. The van der Waals surface area contributed by atoms with Crippen LogP contribution in [0.1, 0.15) is 13.8 Å². The van der Waals surface area contributed by atoms with Gasteiger partial charge in [-0.2, -0.15) is 0 Å². The lowest BCUT2D eigenvalue weighted by molar-refractivity contribution is 0.244. The molecular formula is C19H26N2O2. The van der Waals surface area contributed by atoms with E-state index in [0.717, 1.165) is 29.4 Å². The van der Waals surface area contributed by atoms with E-state index in [4.69, 9.17) is 9.47 Å². The minimum absolute atomic E-state index is 0.144. The summed E-state index contributed by atoms with van der Waals surface area (Å²) in [4.78, 5) is 2.10. The van der Waals surface area contributed by atoms with Crippen LogP contribution in [0.4, 0.5) is 11.4 Å². The van der Waals surface area contributed by atoms with E-state index >= 15 is 0 Å². The van der Waals surface area contributed by atoms with E-state index in [2.05, 4.69) is 10.2 Å². The summed E-state index contributed by atoms with van der Waals surface area (Å²) in [6.07, 6.45) is 0.144. The third-order valence-corrected chi connectivity index (χ3v) is 3.19. The van der Waals surface area contributed by atoms with Gasteiger partial charge >= 0.3 is 0 Å². The van der Waals surface area contributed by atoms with E-state index in [1.807, 2.05) is 76.5 Å². The molecule has 2 aromatic rings. The van der Waals surface area contributed by atoms with Crippen molar-refractivity contribution in [2.45, 2.75) is 20.0 Å². The SMILES string of the molecule is CC(C)Oc1ccccc1Nc1ccc(OCCN(C)C)cc1. The van der Waals surface area contributed by atoms with Crippen LogP contribution in [0.5, 0.6) is 11.5 Å². The molecule has 1 N–H and O–H groups in total. The lowest BCUT2D eigenvalue weighted by Crippen LogP contribution is -2.19. The van der Waals surface area contributed by atoms with Crippen LogP contribution in [0, 0.1) is 0 Å². The number of para-hydroxylation sites is 2. The predicted molar refractivity (Wildman–Crippen MR) is 96.0 cm³/mol. The van der Waals surface area contributed by atoms with E-state index < -0.39 is 0 Å². The number of hydrogen-bond donors (Lipinski definition) is 1. The summed E-state index contributed by atoms with van der Waals surface area (Å²) in [7, 11) is 4.07. The van der Waals surface area contributed by atoms with Gasteiger partial charge in [0.25, 0.3) is 0 Å².